The molecule has 17 heavy (non-hydrogen) atoms. The Hall–Kier alpha value is -1.68. The van der Waals surface area contributed by atoms with E-state index in [0.29, 0.717) is 0 Å². The average molecular weight is 234 g/mol. The summed E-state index contributed by atoms with van der Waals surface area (Å²) >= 11 is 0. The highest BCUT2D eigenvalue weighted by atomic mass is 19.3. The lowest BCUT2D eigenvalue weighted by Gasteiger charge is -1.97. The van der Waals surface area contributed by atoms with Crippen molar-refractivity contribution in [3.05, 3.63) is 35.7 Å². The third-order valence-corrected chi connectivity index (χ3v) is 2.87. The molecule has 1 aliphatic rings. The second-order valence-electron chi connectivity index (χ2n) is 3.96. The molecule has 2 heterocycles. The summed E-state index contributed by atoms with van der Waals surface area (Å²) in [7, 11) is 0.958. The second-order valence-corrected chi connectivity index (χ2v) is 3.96. The molecule has 0 radical (unpaired) electrons. The summed E-state index contributed by atoms with van der Waals surface area (Å²) in [6, 6.07) is 4.29. The molecule has 0 saturated carbocycles. The van der Waals surface area contributed by atoms with Crippen molar-refractivity contribution in [1.29, 1.82) is 0 Å². The molecule has 0 unspecified atom stereocenters. The maximum atomic E-state index is 9.79. The van der Waals surface area contributed by atoms with Crippen molar-refractivity contribution in [2.45, 2.75) is 19.3 Å². The van der Waals surface area contributed by atoms with E-state index < -0.39 is 0 Å². The van der Waals surface area contributed by atoms with E-state index >= 15 is 0 Å². The molecule has 4 heteroatoms. The molecule has 2 aromatic rings. The number of hydrogen-bond acceptors (Lipinski definition) is 2. The molecule has 0 aliphatic heterocycles. The molecule has 0 bridgehead atoms. The third-order valence-electron chi connectivity index (χ3n) is 2.87. The molecule has 0 atom stereocenters. The Bertz CT molecular complexity index is 492. The molecule has 2 aromatic heterocycles. The summed E-state index contributed by atoms with van der Waals surface area (Å²) in [6.07, 6.45) is 5.40. The van der Waals surface area contributed by atoms with Gasteiger partial charge in [0.2, 0.25) is 0 Å². The van der Waals surface area contributed by atoms with Crippen molar-refractivity contribution in [2.24, 2.45) is 0 Å². The van der Waals surface area contributed by atoms with Crippen LogP contribution in [0.15, 0.2) is 18.7 Å². The van der Waals surface area contributed by atoms with E-state index in [4.69, 9.17) is 0 Å². The summed E-state index contributed by atoms with van der Waals surface area (Å²) in [6.45, 7) is 3.75. The SMILES string of the molecule is C=Cc1cc2nc3c(cc2[nH]1)CCC3.COF. The molecule has 1 aliphatic carbocycles. The molecule has 1 N–H and O–H groups in total. The Morgan fingerprint density at radius 2 is 2.24 bits per heavy atom. The third kappa shape index (κ3) is 2.36. The van der Waals surface area contributed by atoms with E-state index in [1.807, 2.05) is 6.08 Å². The zero-order valence-electron chi connectivity index (χ0n) is 9.79. The summed E-state index contributed by atoms with van der Waals surface area (Å²) < 4.78 is 9.79. The van der Waals surface area contributed by atoms with Crippen LogP contribution in [0.4, 0.5) is 4.53 Å². The molecule has 3 rings (SSSR count). The number of aromatic nitrogens is 2. The van der Waals surface area contributed by atoms with Gasteiger partial charge in [-0.05, 0) is 47.6 Å². The van der Waals surface area contributed by atoms with Gasteiger partial charge in [-0.2, -0.15) is 4.94 Å². The maximum Gasteiger partial charge on any atom is 0.0888 e. The topological polar surface area (TPSA) is 37.9 Å². The number of rotatable bonds is 1. The first-order valence-electron chi connectivity index (χ1n) is 5.57. The molecular formula is C13H15FN2O. The Morgan fingerprint density at radius 3 is 2.94 bits per heavy atom. The largest absolute Gasteiger partial charge is 0.354 e. The van der Waals surface area contributed by atoms with Gasteiger partial charge in [-0.15, -0.1) is 0 Å². The lowest BCUT2D eigenvalue weighted by atomic mass is 10.2. The Labute approximate surface area is 99.2 Å². The van der Waals surface area contributed by atoms with Crippen molar-refractivity contribution < 1.29 is 9.47 Å². The minimum Gasteiger partial charge on any atom is -0.354 e. The van der Waals surface area contributed by atoms with E-state index in [9.17, 15) is 4.53 Å². The van der Waals surface area contributed by atoms with Gasteiger partial charge < -0.3 is 4.98 Å². The van der Waals surface area contributed by atoms with Crippen LogP contribution in [-0.2, 0) is 17.8 Å². The highest BCUT2D eigenvalue weighted by molar-refractivity contribution is 5.79. The van der Waals surface area contributed by atoms with Crippen molar-refractivity contribution >= 4 is 17.1 Å². The first-order valence-corrected chi connectivity index (χ1v) is 5.57. The predicted molar refractivity (Wildman–Crippen MR) is 66.3 cm³/mol. The fourth-order valence-electron chi connectivity index (χ4n) is 2.15. The number of nitrogens with zero attached hydrogens (tertiary/aromatic N) is 1. The molecule has 0 spiro atoms. The van der Waals surface area contributed by atoms with Crippen LogP contribution in [0.25, 0.3) is 17.1 Å². The Kier molecular flexibility index (Phi) is 3.54. The number of hydrogen-bond donors (Lipinski definition) is 1. The van der Waals surface area contributed by atoms with Gasteiger partial charge in [0.05, 0.1) is 18.1 Å². The van der Waals surface area contributed by atoms with Crippen LogP contribution in [0.1, 0.15) is 23.4 Å². The minimum atomic E-state index is 0.958. The van der Waals surface area contributed by atoms with Crippen LogP contribution in [0, 0.1) is 0 Å². The van der Waals surface area contributed by atoms with Crippen LogP contribution in [-0.4, -0.2) is 17.1 Å². The number of aryl methyl sites for hydroxylation is 2. The van der Waals surface area contributed by atoms with Crippen molar-refractivity contribution in [3.63, 3.8) is 0 Å². The van der Waals surface area contributed by atoms with Crippen LogP contribution in [0.3, 0.4) is 0 Å². The number of fused-ring (bicyclic) bond motifs is 2. The molecule has 0 aromatic carbocycles. The summed E-state index contributed by atoms with van der Waals surface area (Å²) in [5.41, 5.74) is 5.96. The van der Waals surface area contributed by atoms with Crippen molar-refractivity contribution in [2.75, 3.05) is 7.11 Å². The average Bonchev–Trinajstić information content (AvgIpc) is 2.90. The predicted octanol–water partition coefficient (Wildman–Crippen LogP) is 3.21. The lowest BCUT2D eigenvalue weighted by Crippen LogP contribution is -1.87. The Balaban J connectivity index is 0.000000329. The van der Waals surface area contributed by atoms with Crippen molar-refractivity contribution in [3.8, 4) is 0 Å². The fourth-order valence-corrected chi connectivity index (χ4v) is 2.15. The summed E-state index contributed by atoms with van der Waals surface area (Å²) in [5, 5.41) is 0. The Morgan fingerprint density at radius 1 is 1.47 bits per heavy atom. The zero-order chi connectivity index (χ0) is 12.3. The fraction of sp³-hybridized carbons (Fsp3) is 0.308. The van der Waals surface area contributed by atoms with E-state index in [0.717, 1.165) is 30.3 Å². The minimum absolute atomic E-state index is 0.958. The lowest BCUT2D eigenvalue weighted by molar-refractivity contribution is -0.0960. The molecule has 0 fully saturated rings. The van der Waals surface area contributed by atoms with Gasteiger partial charge >= 0.3 is 0 Å². The highest BCUT2D eigenvalue weighted by Gasteiger charge is 2.13. The summed E-state index contributed by atoms with van der Waals surface area (Å²) in [4.78, 5) is 10.7. The van der Waals surface area contributed by atoms with Gasteiger partial charge in [-0.1, -0.05) is 6.58 Å². The number of aromatic amines is 1. The standard InChI is InChI=1S/C12H12N2.CH3FO/c1-2-9-7-12-11(13-9)6-8-4-3-5-10(8)14-12;1-3-2/h2,6-7,13H,1,3-5H2;1H3. The van der Waals surface area contributed by atoms with E-state index in [1.54, 1.807) is 0 Å². The van der Waals surface area contributed by atoms with E-state index in [1.165, 1.54) is 24.1 Å². The molecular weight excluding hydrogens is 219 g/mol. The van der Waals surface area contributed by atoms with Gasteiger partial charge in [-0.25, -0.2) is 0 Å². The number of pyridine rings is 1. The van der Waals surface area contributed by atoms with Gasteiger partial charge in [-0.3, -0.25) is 4.98 Å². The van der Waals surface area contributed by atoms with Crippen LogP contribution < -0.4 is 0 Å². The van der Waals surface area contributed by atoms with E-state index in [2.05, 4.69) is 33.6 Å². The molecule has 0 saturated heterocycles. The first-order chi connectivity index (χ1) is 8.28. The number of halogens is 1. The van der Waals surface area contributed by atoms with Crippen LogP contribution in [0.5, 0.6) is 0 Å². The quantitative estimate of drug-likeness (QED) is 0.822. The van der Waals surface area contributed by atoms with Crippen molar-refractivity contribution in [1.82, 2.24) is 9.97 Å². The van der Waals surface area contributed by atoms with Gasteiger partial charge in [0.25, 0.3) is 0 Å². The van der Waals surface area contributed by atoms with E-state index in [-0.39, 0.29) is 0 Å². The highest BCUT2D eigenvalue weighted by Crippen LogP contribution is 2.24. The van der Waals surface area contributed by atoms with Gasteiger partial charge in [0.1, 0.15) is 0 Å². The maximum absolute atomic E-state index is 9.79. The monoisotopic (exact) mass is 234 g/mol. The molecule has 0 amide bonds. The number of nitrogens with one attached hydrogen (secondary N) is 1. The smallest absolute Gasteiger partial charge is 0.0888 e. The second kappa shape index (κ2) is 5.10. The van der Waals surface area contributed by atoms with Gasteiger partial charge in [0, 0.05) is 11.4 Å². The molecule has 90 valence electrons. The number of H-pyrrole nitrogens is 1. The molecule has 3 nitrogen and oxygen atoms in total. The van der Waals surface area contributed by atoms with Gasteiger partial charge in [0.15, 0.2) is 0 Å². The van der Waals surface area contributed by atoms with Crippen LogP contribution in [0.2, 0.25) is 0 Å². The van der Waals surface area contributed by atoms with Crippen LogP contribution >= 0.6 is 0 Å². The first kappa shape index (κ1) is 11.8. The summed E-state index contributed by atoms with van der Waals surface area (Å²) in [5.74, 6) is 0. The normalized spacial score (nSPS) is 13.1. The zero-order valence-corrected chi connectivity index (χ0v) is 9.79.